The summed E-state index contributed by atoms with van der Waals surface area (Å²) in [6.07, 6.45) is -1.76. The number of hydrogen-bond acceptors (Lipinski definition) is 10. The molecule has 0 spiro atoms. The molecule has 3 aromatic heterocycles. The lowest BCUT2D eigenvalue weighted by atomic mass is 10.1. The van der Waals surface area contributed by atoms with E-state index in [2.05, 4.69) is 24.9 Å². The number of nitriles is 1. The second-order valence-corrected chi connectivity index (χ2v) is 12.9. The normalized spacial score (nSPS) is 20.6. The molecule has 1 amide bonds. The number of nitrogens with zero attached hydrogens (tertiary/aromatic N) is 8. The van der Waals surface area contributed by atoms with Crippen LogP contribution in [0.4, 0.5) is 19.4 Å². The predicted octanol–water partition coefficient (Wildman–Crippen LogP) is 3.27. The van der Waals surface area contributed by atoms with Gasteiger partial charge in [-0.05, 0) is 38.8 Å². The Morgan fingerprint density at radius 1 is 1.22 bits per heavy atom. The molecule has 1 aliphatic carbocycles. The highest BCUT2D eigenvalue weighted by Gasteiger charge is 2.47. The van der Waals surface area contributed by atoms with E-state index in [0.717, 1.165) is 0 Å². The maximum absolute atomic E-state index is 13.4. The van der Waals surface area contributed by atoms with Gasteiger partial charge in [0, 0.05) is 30.6 Å². The van der Waals surface area contributed by atoms with Crippen LogP contribution in [0.5, 0.6) is 0 Å². The van der Waals surface area contributed by atoms with Crippen molar-refractivity contribution < 1.29 is 27.1 Å². The highest BCUT2D eigenvalue weighted by molar-refractivity contribution is 7.89. The molecule has 2 unspecified atom stereocenters. The molecule has 1 aromatic carbocycles. The first-order chi connectivity index (χ1) is 19.4. The Morgan fingerprint density at radius 3 is 2.61 bits per heavy atom. The van der Waals surface area contributed by atoms with Gasteiger partial charge in [-0.25, -0.2) is 32.0 Å². The molecule has 214 valence electrons. The van der Waals surface area contributed by atoms with Gasteiger partial charge in [0.1, 0.15) is 17.7 Å². The number of piperazine rings is 1. The molecule has 1 saturated heterocycles. The molecule has 2 N–H and O–H groups in total. The number of anilines is 1. The van der Waals surface area contributed by atoms with Crippen LogP contribution in [0.15, 0.2) is 29.4 Å². The van der Waals surface area contributed by atoms with Gasteiger partial charge in [0.15, 0.2) is 10.7 Å². The minimum Gasteiger partial charge on any atom is -0.465 e. The Labute approximate surface area is 236 Å². The van der Waals surface area contributed by atoms with Crippen LogP contribution in [0.3, 0.4) is 0 Å². The number of rotatable bonds is 6. The minimum absolute atomic E-state index is 0.0558. The number of nitrogens with one attached hydrogen (secondary N) is 1. The van der Waals surface area contributed by atoms with E-state index in [1.165, 1.54) is 27.9 Å². The largest absolute Gasteiger partial charge is 0.465 e. The molecule has 2 fully saturated rings. The summed E-state index contributed by atoms with van der Waals surface area (Å²) in [5, 5.41) is 27.1. The van der Waals surface area contributed by atoms with E-state index in [0.29, 0.717) is 58.5 Å². The Bertz CT molecular complexity index is 1850. The summed E-state index contributed by atoms with van der Waals surface area (Å²) in [6, 6.07) is 5.75. The van der Waals surface area contributed by atoms with E-state index in [1.807, 2.05) is 17.9 Å². The van der Waals surface area contributed by atoms with E-state index >= 15 is 0 Å². The molecule has 13 nitrogen and oxygen atoms in total. The van der Waals surface area contributed by atoms with Crippen molar-refractivity contribution in [1.29, 1.82) is 5.26 Å². The van der Waals surface area contributed by atoms with Crippen LogP contribution in [-0.2, 0) is 10.0 Å². The highest BCUT2D eigenvalue weighted by atomic mass is 32.2. The number of carbonyl (C=O) groups is 1. The third-order valence-corrected chi connectivity index (χ3v) is 9.86. The summed E-state index contributed by atoms with van der Waals surface area (Å²) in [6.45, 7) is 4.21. The van der Waals surface area contributed by atoms with E-state index in [-0.39, 0.29) is 28.7 Å². The Hall–Kier alpha value is -4.01. The third kappa shape index (κ3) is 4.51. The van der Waals surface area contributed by atoms with Crippen molar-refractivity contribution in [2.24, 2.45) is 0 Å². The van der Waals surface area contributed by atoms with Crippen molar-refractivity contribution >= 4 is 55.2 Å². The van der Waals surface area contributed by atoms with Gasteiger partial charge in [-0.2, -0.15) is 9.98 Å². The molecule has 0 radical (unpaired) electrons. The van der Waals surface area contributed by atoms with E-state index < -0.39 is 33.1 Å². The molecule has 17 heteroatoms. The molecule has 2 aliphatic rings. The van der Waals surface area contributed by atoms with E-state index in [1.54, 1.807) is 13.0 Å². The maximum atomic E-state index is 13.4. The van der Waals surface area contributed by atoms with Gasteiger partial charge in [-0.1, -0.05) is 17.4 Å². The summed E-state index contributed by atoms with van der Waals surface area (Å²) in [5.41, 5.74) is -0.538. The van der Waals surface area contributed by atoms with Crippen LogP contribution >= 0.6 is 11.3 Å². The highest BCUT2D eigenvalue weighted by Crippen LogP contribution is 2.40. The molecule has 6 rings (SSSR count). The average molecular weight is 604 g/mol. The fourth-order valence-electron chi connectivity index (χ4n) is 5.15. The number of fused-ring (bicyclic) bond motifs is 3. The quantitative estimate of drug-likeness (QED) is 0.333. The minimum atomic E-state index is -4.11. The number of sulfonamides is 1. The zero-order chi connectivity index (χ0) is 29.3. The van der Waals surface area contributed by atoms with Crippen LogP contribution in [-0.4, -0.2) is 80.0 Å². The number of carboxylic acid groups (broad SMARTS) is 1. The van der Waals surface area contributed by atoms with Gasteiger partial charge in [-0.3, -0.25) is 4.57 Å². The Morgan fingerprint density at radius 2 is 1.98 bits per heavy atom. The van der Waals surface area contributed by atoms with Crippen molar-refractivity contribution in [3.8, 4) is 11.2 Å². The van der Waals surface area contributed by atoms with Gasteiger partial charge in [-0.15, -0.1) is 10.2 Å². The number of hydrogen-bond donors (Lipinski definition) is 2. The molecule has 0 bridgehead atoms. The van der Waals surface area contributed by atoms with E-state index in [4.69, 9.17) is 0 Å². The molecule has 1 saturated carbocycles. The molecule has 4 aromatic rings. The number of alkyl halides is 2. The Balaban J connectivity index is 1.56. The predicted molar refractivity (Wildman–Crippen MR) is 144 cm³/mol. The SMILES string of the molecule is CC1CN(c2ncnc3c2c2ccc(S(=O)(=O)NC4(C#N)CC4)cc2n3-c2nnc(C(F)F)s2)C(C)CN1C(=O)O. The van der Waals surface area contributed by atoms with Gasteiger partial charge >= 0.3 is 6.09 Å². The summed E-state index contributed by atoms with van der Waals surface area (Å²) in [7, 11) is -4.11. The first kappa shape index (κ1) is 27.2. The maximum Gasteiger partial charge on any atom is 0.407 e. The fourth-order valence-corrected chi connectivity index (χ4v) is 7.26. The first-order valence-corrected chi connectivity index (χ1v) is 14.9. The monoisotopic (exact) mass is 603 g/mol. The van der Waals surface area contributed by atoms with Crippen LogP contribution in [0.1, 0.15) is 38.1 Å². The zero-order valence-corrected chi connectivity index (χ0v) is 23.3. The molecule has 2 atom stereocenters. The van der Waals surface area contributed by atoms with Gasteiger partial charge in [0.2, 0.25) is 15.2 Å². The van der Waals surface area contributed by atoms with Crippen LogP contribution in [0.25, 0.3) is 27.1 Å². The summed E-state index contributed by atoms with van der Waals surface area (Å²) in [5.74, 6) is 0.483. The van der Waals surface area contributed by atoms with E-state index in [9.17, 15) is 32.4 Å². The van der Waals surface area contributed by atoms with Gasteiger partial charge < -0.3 is 14.9 Å². The number of amides is 1. The summed E-state index contributed by atoms with van der Waals surface area (Å²) in [4.78, 5) is 23.9. The first-order valence-electron chi connectivity index (χ1n) is 12.6. The molecular weight excluding hydrogens is 580 g/mol. The smallest absolute Gasteiger partial charge is 0.407 e. The topological polar surface area (TPSA) is 170 Å². The van der Waals surface area contributed by atoms with Gasteiger partial charge in [0.25, 0.3) is 6.43 Å². The van der Waals surface area contributed by atoms with Gasteiger partial charge in [0.05, 0.1) is 21.9 Å². The van der Waals surface area contributed by atoms with Crippen molar-refractivity contribution in [2.45, 2.75) is 55.6 Å². The zero-order valence-electron chi connectivity index (χ0n) is 21.7. The van der Waals surface area contributed by atoms with Crippen LogP contribution in [0, 0.1) is 11.3 Å². The molecular formula is C24H23F2N9O4S2. The van der Waals surface area contributed by atoms with Crippen LogP contribution in [0.2, 0.25) is 0 Å². The Kier molecular flexibility index (Phi) is 6.32. The molecule has 41 heavy (non-hydrogen) atoms. The lowest BCUT2D eigenvalue weighted by Crippen LogP contribution is -2.58. The second kappa shape index (κ2) is 9.53. The summed E-state index contributed by atoms with van der Waals surface area (Å²) < 4.78 is 57.3. The van der Waals surface area contributed by atoms with Crippen molar-refractivity contribution in [3.63, 3.8) is 0 Å². The lowest BCUT2D eigenvalue weighted by molar-refractivity contribution is 0.114. The third-order valence-electron chi connectivity index (χ3n) is 7.41. The molecule has 1 aliphatic heterocycles. The second-order valence-electron chi connectivity index (χ2n) is 10.2. The number of halogens is 2. The standard InChI is InChI=1S/C24H23F2N9O4S2/c1-12-9-34(23(36)37)13(2)8-33(12)19-17-15-4-3-14(41(38,39)32-24(10-27)5-6-24)7-16(15)35(20(17)29-11-28-19)22-31-30-21(40-22)18(25)26/h3-4,7,11-13,18,32H,5-6,8-9H2,1-2H3,(H,36,37). The van der Waals surface area contributed by atoms with Crippen molar-refractivity contribution in [3.05, 3.63) is 29.5 Å². The number of benzene rings is 1. The number of aromatic nitrogens is 5. The lowest BCUT2D eigenvalue weighted by Gasteiger charge is -2.43. The molecule has 4 heterocycles. The average Bonchev–Trinajstić information content (AvgIpc) is 3.37. The fraction of sp³-hybridized carbons (Fsp3) is 0.417. The van der Waals surface area contributed by atoms with Crippen LogP contribution < -0.4 is 9.62 Å². The van der Waals surface area contributed by atoms with Crippen molar-refractivity contribution in [2.75, 3.05) is 18.0 Å². The summed E-state index contributed by atoms with van der Waals surface area (Å²) >= 11 is 0.648. The van der Waals surface area contributed by atoms with Crippen molar-refractivity contribution in [1.82, 2.24) is 34.4 Å².